The van der Waals surface area contributed by atoms with Crippen LogP contribution in [0.5, 0.6) is 0 Å². The first kappa shape index (κ1) is 18.0. The number of benzene rings is 1. The molecule has 0 bridgehead atoms. The molecular weight excluding hydrogens is 284 g/mol. The molecule has 22 heavy (non-hydrogen) atoms. The fourth-order valence-electron chi connectivity index (χ4n) is 1.71. The van der Waals surface area contributed by atoms with Crippen LogP contribution in [0, 0.1) is 5.92 Å². The standard InChI is InChI=1S/C16H24N2O4/c1-11(2)14(15(19)22-12(3)9-17)18-16(20)21-10-13-7-5-4-6-8-13/h4-8,11-12,14H,9-10,17H2,1-3H3,(H,18,20)/t12?,14-/m1/s1. The highest BCUT2D eigenvalue weighted by molar-refractivity contribution is 5.81. The highest BCUT2D eigenvalue weighted by atomic mass is 16.6. The van der Waals surface area contributed by atoms with Crippen LogP contribution in [0.25, 0.3) is 0 Å². The number of esters is 1. The molecule has 0 saturated heterocycles. The molecule has 0 aliphatic rings. The van der Waals surface area contributed by atoms with Crippen LogP contribution in [-0.4, -0.2) is 30.8 Å². The average Bonchev–Trinajstić information content (AvgIpc) is 2.51. The molecule has 2 atom stereocenters. The molecule has 6 heteroatoms. The number of ether oxygens (including phenoxy) is 2. The number of nitrogens with two attached hydrogens (primary N) is 1. The molecule has 0 aliphatic heterocycles. The zero-order chi connectivity index (χ0) is 16.5. The van der Waals surface area contributed by atoms with Gasteiger partial charge in [-0.3, -0.25) is 0 Å². The first-order valence-corrected chi connectivity index (χ1v) is 7.31. The third-order valence-corrected chi connectivity index (χ3v) is 3.06. The minimum absolute atomic E-state index is 0.123. The number of alkyl carbamates (subject to hydrolysis) is 1. The monoisotopic (exact) mass is 308 g/mol. The quantitative estimate of drug-likeness (QED) is 0.750. The van der Waals surface area contributed by atoms with Gasteiger partial charge in [0, 0.05) is 6.54 Å². The van der Waals surface area contributed by atoms with Gasteiger partial charge >= 0.3 is 12.1 Å². The van der Waals surface area contributed by atoms with Gasteiger partial charge in [0.25, 0.3) is 0 Å². The molecule has 6 nitrogen and oxygen atoms in total. The van der Waals surface area contributed by atoms with E-state index in [0.717, 1.165) is 5.56 Å². The van der Waals surface area contributed by atoms with Crippen LogP contribution in [0.3, 0.4) is 0 Å². The molecule has 1 aromatic carbocycles. The van der Waals surface area contributed by atoms with Gasteiger partial charge in [-0.1, -0.05) is 44.2 Å². The summed E-state index contributed by atoms with van der Waals surface area (Å²) in [5.74, 6) is -0.633. The Labute approximate surface area is 131 Å². The third-order valence-electron chi connectivity index (χ3n) is 3.06. The lowest BCUT2D eigenvalue weighted by Crippen LogP contribution is -2.46. The molecule has 122 valence electrons. The Hall–Kier alpha value is -2.08. The van der Waals surface area contributed by atoms with Gasteiger partial charge in [0.05, 0.1) is 0 Å². The summed E-state index contributed by atoms with van der Waals surface area (Å²) in [5, 5.41) is 2.54. The van der Waals surface area contributed by atoms with Crippen molar-refractivity contribution in [3.63, 3.8) is 0 Å². The van der Waals surface area contributed by atoms with Gasteiger partial charge < -0.3 is 20.5 Å². The fourth-order valence-corrected chi connectivity index (χ4v) is 1.71. The Bertz CT molecular complexity index is 476. The second kappa shape index (κ2) is 9.04. The summed E-state index contributed by atoms with van der Waals surface area (Å²) < 4.78 is 10.3. The highest BCUT2D eigenvalue weighted by Gasteiger charge is 2.27. The van der Waals surface area contributed by atoms with E-state index in [1.807, 2.05) is 44.2 Å². The summed E-state index contributed by atoms with van der Waals surface area (Å²) in [5.41, 5.74) is 6.29. The fraction of sp³-hybridized carbons (Fsp3) is 0.500. The molecule has 1 amide bonds. The van der Waals surface area contributed by atoms with Crippen LogP contribution >= 0.6 is 0 Å². The van der Waals surface area contributed by atoms with Gasteiger partial charge in [0.2, 0.25) is 0 Å². The largest absolute Gasteiger partial charge is 0.460 e. The summed E-state index contributed by atoms with van der Waals surface area (Å²) in [7, 11) is 0. The maximum atomic E-state index is 12.0. The normalized spacial score (nSPS) is 13.3. The molecule has 0 saturated carbocycles. The number of rotatable bonds is 7. The Balaban J connectivity index is 2.51. The van der Waals surface area contributed by atoms with Gasteiger partial charge in [-0.25, -0.2) is 9.59 Å². The van der Waals surface area contributed by atoms with Crippen molar-refractivity contribution < 1.29 is 19.1 Å². The lowest BCUT2D eigenvalue weighted by Gasteiger charge is -2.22. The number of hydrogen-bond acceptors (Lipinski definition) is 5. The maximum Gasteiger partial charge on any atom is 0.408 e. The second-order valence-electron chi connectivity index (χ2n) is 5.41. The molecule has 0 radical (unpaired) electrons. The zero-order valence-electron chi connectivity index (χ0n) is 13.2. The molecule has 0 fully saturated rings. The van der Waals surface area contributed by atoms with E-state index in [1.54, 1.807) is 6.92 Å². The van der Waals surface area contributed by atoms with Crippen molar-refractivity contribution in [2.24, 2.45) is 11.7 Å². The van der Waals surface area contributed by atoms with Crippen molar-refractivity contribution >= 4 is 12.1 Å². The molecule has 0 aliphatic carbocycles. The highest BCUT2D eigenvalue weighted by Crippen LogP contribution is 2.07. The van der Waals surface area contributed by atoms with Gasteiger partial charge in [-0.05, 0) is 18.4 Å². The van der Waals surface area contributed by atoms with E-state index in [0.29, 0.717) is 0 Å². The van der Waals surface area contributed by atoms with Crippen LogP contribution < -0.4 is 11.1 Å². The lowest BCUT2D eigenvalue weighted by molar-refractivity contribution is -0.151. The van der Waals surface area contributed by atoms with Crippen LogP contribution in [0.4, 0.5) is 4.79 Å². The second-order valence-corrected chi connectivity index (χ2v) is 5.41. The summed E-state index contributed by atoms with van der Waals surface area (Å²) in [6.07, 6.45) is -1.05. The molecule has 0 aromatic heterocycles. The van der Waals surface area contributed by atoms with Gasteiger partial charge in [-0.15, -0.1) is 0 Å². The van der Waals surface area contributed by atoms with Crippen molar-refractivity contribution in [1.29, 1.82) is 0 Å². The van der Waals surface area contributed by atoms with Gasteiger partial charge in [0.15, 0.2) is 0 Å². The van der Waals surface area contributed by atoms with Crippen LogP contribution in [-0.2, 0) is 20.9 Å². The first-order valence-electron chi connectivity index (χ1n) is 7.31. The molecule has 1 aromatic rings. The SMILES string of the molecule is CC(CN)OC(=O)[C@H](NC(=O)OCc1ccccc1)C(C)C. The maximum absolute atomic E-state index is 12.0. The summed E-state index contributed by atoms with van der Waals surface area (Å²) in [6.45, 7) is 5.71. The predicted molar refractivity (Wildman–Crippen MR) is 83.0 cm³/mol. The molecule has 0 heterocycles. The van der Waals surface area contributed by atoms with Crippen LogP contribution in [0.1, 0.15) is 26.3 Å². The smallest absolute Gasteiger partial charge is 0.408 e. The van der Waals surface area contributed by atoms with Gasteiger partial charge in [0.1, 0.15) is 18.8 Å². The summed E-state index contributed by atoms with van der Waals surface area (Å²) in [4.78, 5) is 23.8. The van der Waals surface area contributed by atoms with Crippen LogP contribution in [0.15, 0.2) is 30.3 Å². The minimum Gasteiger partial charge on any atom is -0.460 e. The molecule has 3 N–H and O–H groups in total. The Kier molecular flexibility index (Phi) is 7.39. The predicted octanol–water partition coefficient (Wildman–Crippen LogP) is 1.83. The number of carbonyl (C=O) groups excluding carboxylic acids is 2. The summed E-state index contributed by atoms with van der Waals surface area (Å²) >= 11 is 0. The van der Waals surface area contributed by atoms with Crippen molar-refractivity contribution in [1.82, 2.24) is 5.32 Å². The van der Waals surface area contributed by atoms with Crippen molar-refractivity contribution in [2.45, 2.75) is 39.5 Å². The number of nitrogens with one attached hydrogen (secondary N) is 1. The Morgan fingerprint density at radius 1 is 1.18 bits per heavy atom. The van der Waals surface area contributed by atoms with E-state index in [4.69, 9.17) is 15.2 Å². The molecular formula is C16H24N2O4. The van der Waals surface area contributed by atoms with Crippen LogP contribution in [0.2, 0.25) is 0 Å². The number of amides is 1. The molecule has 1 unspecified atom stereocenters. The van der Waals surface area contributed by atoms with Crippen molar-refractivity contribution in [3.05, 3.63) is 35.9 Å². The Morgan fingerprint density at radius 3 is 2.36 bits per heavy atom. The number of carbonyl (C=O) groups is 2. The zero-order valence-corrected chi connectivity index (χ0v) is 13.2. The van der Waals surface area contributed by atoms with E-state index in [1.165, 1.54) is 0 Å². The Morgan fingerprint density at radius 2 is 1.82 bits per heavy atom. The minimum atomic E-state index is -0.766. The van der Waals surface area contributed by atoms with E-state index in [-0.39, 0.29) is 19.1 Å². The van der Waals surface area contributed by atoms with Crippen molar-refractivity contribution in [3.8, 4) is 0 Å². The first-order chi connectivity index (χ1) is 10.4. The lowest BCUT2D eigenvalue weighted by atomic mass is 10.1. The molecule has 0 spiro atoms. The molecule has 1 rings (SSSR count). The van der Waals surface area contributed by atoms with Gasteiger partial charge in [-0.2, -0.15) is 0 Å². The number of hydrogen-bond donors (Lipinski definition) is 2. The topological polar surface area (TPSA) is 90.6 Å². The summed E-state index contributed by atoms with van der Waals surface area (Å²) in [6, 6.07) is 8.54. The van der Waals surface area contributed by atoms with E-state index < -0.39 is 24.2 Å². The average molecular weight is 308 g/mol. The van der Waals surface area contributed by atoms with E-state index in [2.05, 4.69) is 5.32 Å². The third kappa shape index (κ3) is 6.13. The van der Waals surface area contributed by atoms with E-state index in [9.17, 15) is 9.59 Å². The van der Waals surface area contributed by atoms with Crippen molar-refractivity contribution in [2.75, 3.05) is 6.54 Å². The van der Waals surface area contributed by atoms with E-state index >= 15 is 0 Å².